The van der Waals surface area contributed by atoms with E-state index in [1.54, 1.807) is 70.7 Å². The van der Waals surface area contributed by atoms with Crippen molar-refractivity contribution in [3.63, 3.8) is 0 Å². The highest BCUT2D eigenvalue weighted by atomic mass is 19.1. The molecule has 4 aromatic rings. The Hall–Kier alpha value is -4.52. The molecule has 9 nitrogen and oxygen atoms in total. The molecular weight excluding hydrogens is 461 g/mol. The van der Waals surface area contributed by atoms with Gasteiger partial charge in [-0.05, 0) is 56.8 Å². The second kappa shape index (κ2) is 9.62. The molecule has 184 valence electrons. The zero-order chi connectivity index (χ0) is 26.0. The molecule has 4 rings (SSSR count). The minimum atomic E-state index is -0.772. The Kier molecular flexibility index (Phi) is 6.57. The minimum Gasteiger partial charge on any atom is -0.444 e. The van der Waals surface area contributed by atoms with Crippen LogP contribution in [-0.2, 0) is 4.74 Å². The monoisotopic (exact) mass is 487 g/mol. The number of aryl methyl sites for hydroxylation is 1. The van der Waals surface area contributed by atoms with Gasteiger partial charge in [0.05, 0.1) is 23.8 Å². The van der Waals surface area contributed by atoms with E-state index in [1.165, 1.54) is 10.9 Å². The summed E-state index contributed by atoms with van der Waals surface area (Å²) in [4.78, 5) is 24.6. The molecule has 3 aromatic heterocycles. The number of benzene rings is 1. The van der Waals surface area contributed by atoms with E-state index in [0.717, 1.165) is 5.56 Å². The average molecular weight is 488 g/mol. The lowest BCUT2D eigenvalue weighted by molar-refractivity contribution is 0.0635. The van der Waals surface area contributed by atoms with E-state index >= 15 is 4.39 Å². The van der Waals surface area contributed by atoms with Gasteiger partial charge in [-0.2, -0.15) is 9.78 Å². The molecule has 3 heterocycles. The zero-order valence-corrected chi connectivity index (χ0v) is 20.6. The molecule has 2 N–H and O–H groups in total. The van der Waals surface area contributed by atoms with Crippen molar-refractivity contribution in [2.45, 2.75) is 46.4 Å². The third kappa shape index (κ3) is 5.25. The van der Waals surface area contributed by atoms with Gasteiger partial charge in [0.25, 0.3) is 0 Å². The number of carbonyl (C=O) groups excluding carboxylic acids is 1. The highest BCUT2D eigenvalue weighted by molar-refractivity contribution is 6.03. The molecule has 0 saturated carbocycles. The number of hydrogen-bond acceptors (Lipinski definition) is 6. The zero-order valence-electron chi connectivity index (χ0n) is 20.6. The quantitative estimate of drug-likeness (QED) is 0.313. The maximum atomic E-state index is 15.8. The van der Waals surface area contributed by atoms with Crippen molar-refractivity contribution in [1.29, 1.82) is 0 Å². The Morgan fingerprint density at radius 1 is 1.22 bits per heavy atom. The van der Waals surface area contributed by atoms with E-state index in [0.29, 0.717) is 27.8 Å². The van der Waals surface area contributed by atoms with Gasteiger partial charge in [-0.3, -0.25) is 15.1 Å². The van der Waals surface area contributed by atoms with Crippen LogP contribution >= 0.6 is 0 Å². The fourth-order valence-electron chi connectivity index (χ4n) is 3.62. The summed E-state index contributed by atoms with van der Waals surface area (Å²) in [5.41, 5.74) is 1.59. The number of hydrogen-bond donors (Lipinski definition) is 2. The lowest BCUT2D eigenvalue weighted by Gasteiger charge is -2.21. The van der Waals surface area contributed by atoms with Gasteiger partial charge < -0.3 is 10.1 Å². The lowest BCUT2D eigenvalue weighted by Crippen LogP contribution is -2.27. The Bertz CT molecular complexity index is 1480. The van der Waals surface area contributed by atoms with Gasteiger partial charge in [-0.1, -0.05) is 0 Å². The van der Waals surface area contributed by atoms with E-state index < -0.39 is 23.7 Å². The molecule has 0 fully saturated rings. The van der Waals surface area contributed by atoms with Crippen molar-refractivity contribution >= 4 is 34.1 Å². The number of anilines is 3. The topological polar surface area (TPSA) is 98.3 Å². The standard InChI is InChI=1S/C26H26FN7O2/c1-15-7-8-29-12-20(15)19-9-17-10-22(32-18-11-31-34(14-18)16(2)28-6)30-13-21(17)24(23(19)27)33-25(35)36-26(3,4)5/h7-14,16H,1-5H3,(H,30,32)(H,33,35). The molecule has 1 aromatic carbocycles. The normalized spacial score (nSPS) is 12.1. The number of nitrogens with zero attached hydrogens (tertiary/aromatic N) is 5. The van der Waals surface area contributed by atoms with Crippen LogP contribution in [0.15, 0.2) is 49.2 Å². The number of fused-ring (bicyclic) bond motifs is 1. The Morgan fingerprint density at radius 2 is 2.00 bits per heavy atom. The van der Waals surface area contributed by atoms with Gasteiger partial charge in [0.2, 0.25) is 0 Å². The van der Waals surface area contributed by atoms with Gasteiger partial charge in [0.1, 0.15) is 11.4 Å². The number of carbonyl (C=O) groups is 1. The van der Waals surface area contributed by atoms with Crippen molar-refractivity contribution in [2.24, 2.45) is 0 Å². The van der Waals surface area contributed by atoms with Crippen LogP contribution in [0, 0.1) is 19.3 Å². The molecule has 0 saturated heterocycles. The molecule has 1 unspecified atom stereocenters. The van der Waals surface area contributed by atoms with Gasteiger partial charge in [0.15, 0.2) is 5.82 Å². The molecule has 1 atom stereocenters. The molecule has 0 aliphatic carbocycles. The van der Waals surface area contributed by atoms with Crippen molar-refractivity contribution < 1.29 is 13.9 Å². The van der Waals surface area contributed by atoms with Crippen LogP contribution in [-0.4, -0.2) is 31.4 Å². The molecule has 0 radical (unpaired) electrons. The number of aromatic nitrogens is 4. The molecule has 0 aliphatic rings. The second-order valence-corrected chi connectivity index (χ2v) is 9.32. The minimum absolute atomic E-state index is 0.0299. The second-order valence-electron chi connectivity index (χ2n) is 9.32. The maximum Gasteiger partial charge on any atom is 0.412 e. The fraction of sp³-hybridized carbons (Fsp3) is 0.269. The Morgan fingerprint density at radius 3 is 2.69 bits per heavy atom. The van der Waals surface area contributed by atoms with Gasteiger partial charge in [-0.25, -0.2) is 20.7 Å². The first-order valence-electron chi connectivity index (χ1n) is 11.3. The highest BCUT2D eigenvalue weighted by Crippen LogP contribution is 2.37. The van der Waals surface area contributed by atoms with Gasteiger partial charge in [0, 0.05) is 42.0 Å². The van der Waals surface area contributed by atoms with Gasteiger partial charge >= 0.3 is 12.3 Å². The third-order valence-electron chi connectivity index (χ3n) is 5.36. The van der Waals surface area contributed by atoms with E-state index in [2.05, 4.69) is 30.5 Å². The molecule has 0 bridgehead atoms. The van der Waals surface area contributed by atoms with Crippen LogP contribution < -0.4 is 10.6 Å². The Labute approximate surface area is 208 Å². The van der Waals surface area contributed by atoms with Crippen LogP contribution in [0.2, 0.25) is 0 Å². The molecular formula is C26H26FN7O2. The largest absolute Gasteiger partial charge is 0.444 e. The van der Waals surface area contributed by atoms with E-state index in [4.69, 9.17) is 11.3 Å². The molecule has 0 spiro atoms. The summed E-state index contributed by atoms with van der Waals surface area (Å²) < 4.78 is 22.7. The first-order valence-corrected chi connectivity index (χ1v) is 11.3. The highest BCUT2D eigenvalue weighted by Gasteiger charge is 2.22. The summed E-state index contributed by atoms with van der Waals surface area (Å²) in [6.45, 7) is 16.0. The molecule has 1 amide bonds. The molecule has 0 aliphatic heterocycles. The lowest BCUT2D eigenvalue weighted by atomic mass is 9.98. The molecule has 10 heteroatoms. The number of pyridine rings is 2. The predicted molar refractivity (Wildman–Crippen MR) is 136 cm³/mol. The van der Waals surface area contributed by atoms with Crippen molar-refractivity contribution in [1.82, 2.24) is 19.7 Å². The maximum absolute atomic E-state index is 15.8. The summed E-state index contributed by atoms with van der Waals surface area (Å²) in [5, 5.41) is 11.0. The summed E-state index contributed by atoms with van der Waals surface area (Å²) >= 11 is 0. The molecule has 36 heavy (non-hydrogen) atoms. The number of amides is 1. The number of nitrogens with one attached hydrogen (secondary N) is 2. The van der Waals surface area contributed by atoms with Crippen LogP contribution in [0.5, 0.6) is 0 Å². The average Bonchev–Trinajstić information content (AvgIpc) is 3.28. The van der Waals surface area contributed by atoms with E-state index in [9.17, 15) is 4.79 Å². The summed E-state index contributed by atoms with van der Waals surface area (Å²) in [6, 6.07) is 5.24. The number of rotatable bonds is 5. The third-order valence-corrected chi connectivity index (χ3v) is 5.36. The number of halogens is 1. The van der Waals surface area contributed by atoms with E-state index in [-0.39, 0.29) is 11.3 Å². The van der Waals surface area contributed by atoms with Crippen molar-refractivity contribution in [3.8, 4) is 11.1 Å². The summed E-state index contributed by atoms with van der Waals surface area (Å²) in [6.07, 6.45) is 6.81. The Balaban J connectivity index is 1.80. The summed E-state index contributed by atoms with van der Waals surface area (Å²) in [5.74, 6) is -0.123. The van der Waals surface area contributed by atoms with E-state index in [1.807, 2.05) is 6.92 Å². The van der Waals surface area contributed by atoms with Crippen LogP contribution in [0.1, 0.15) is 39.4 Å². The van der Waals surface area contributed by atoms with Crippen LogP contribution in [0.4, 0.5) is 26.4 Å². The predicted octanol–water partition coefficient (Wildman–Crippen LogP) is 6.47. The van der Waals surface area contributed by atoms with Crippen LogP contribution in [0.25, 0.3) is 26.7 Å². The SMILES string of the molecule is [C-]#[N+]C(C)n1cc(Nc2cc3cc(-c4cnccc4C)c(F)c(NC(=O)OC(C)(C)C)c3cn2)cn1. The van der Waals surface area contributed by atoms with Crippen molar-refractivity contribution in [2.75, 3.05) is 10.6 Å². The first kappa shape index (κ1) is 24.6. The smallest absolute Gasteiger partial charge is 0.412 e. The van der Waals surface area contributed by atoms with Crippen molar-refractivity contribution in [3.05, 3.63) is 72.0 Å². The summed E-state index contributed by atoms with van der Waals surface area (Å²) in [7, 11) is 0. The van der Waals surface area contributed by atoms with Crippen LogP contribution in [0.3, 0.4) is 0 Å². The van der Waals surface area contributed by atoms with Gasteiger partial charge in [-0.15, -0.1) is 0 Å². The number of ether oxygens (including phenoxy) is 1. The first-order chi connectivity index (χ1) is 17.1. The fourth-order valence-corrected chi connectivity index (χ4v) is 3.62.